The van der Waals surface area contributed by atoms with Gasteiger partial charge in [0.15, 0.2) is 0 Å². The van der Waals surface area contributed by atoms with Crippen LogP contribution < -0.4 is 10.6 Å². The van der Waals surface area contributed by atoms with Crippen molar-refractivity contribution in [2.45, 2.75) is 71.1 Å². The van der Waals surface area contributed by atoms with Crippen molar-refractivity contribution < 1.29 is 18.0 Å². The van der Waals surface area contributed by atoms with E-state index in [1.165, 1.54) is 21.9 Å². The zero-order chi connectivity index (χ0) is 28.0. The molecule has 2 aromatic rings. The minimum atomic E-state index is -3.49. The minimum absolute atomic E-state index is 0.184. The Morgan fingerprint density at radius 1 is 1.24 bits per heavy atom. The molecule has 4 rings (SSSR count). The number of amides is 2. The Balaban J connectivity index is 1.69. The lowest BCUT2D eigenvalue weighted by molar-refractivity contribution is -0.140. The summed E-state index contributed by atoms with van der Waals surface area (Å²) in [6.45, 7) is 10.3. The summed E-state index contributed by atoms with van der Waals surface area (Å²) in [5, 5.41) is 8.73. The molecule has 2 fully saturated rings. The van der Waals surface area contributed by atoms with Gasteiger partial charge in [0.25, 0.3) is 0 Å². The molecule has 0 radical (unpaired) electrons. The summed E-state index contributed by atoms with van der Waals surface area (Å²) in [7, 11) is -1.79. The van der Waals surface area contributed by atoms with E-state index in [-0.39, 0.29) is 36.4 Å². The molecule has 1 aromatic heterocycles. The van der Waals surface area contributed by atoms with Crippen molar-refractivity contribution in [2.75, 3.05) is 26.4 Å². The Kier molecular flexibility index (Phi) is 8.05. The van der Waals surface area contributed by atoms with Gasteiger partial charge in [0.2, 0.25) is 21.8 Å². The zero-order valence-corrected chi connectivity index (χ0v) is 24.8. The predicted octanol–water partition coefficient (Wildman–Crippen LogP) is 2.59. The number of nitrogens with one attached hydrogen (secondary N) is 2. The third-order valence-electron chi connectivity index (χ3n) is 7.68. The number of nitrogens with zero attached hydrogens (tertiary/aromatic N) is 3. The van der Waals surface area contributed by atoms with Gasteiger partial charge in [-0.05, 0) is 38.8 Å². The first-order chi connectivity index (χ1) is 17.7. The third kappa shape index (κ3) is 5.66. The molecule has 0 spiro atoms. The van der Waals surface area contributed by atoms with Crippen molar-refractivity contribution >= 4 is 33.2 Å². The number of rotatable bonds is 7. The van der Waals surface area contributed by atoms with Crippen LogP contribution in [0.3, 0.4) is 0 Å². The van der Waals surface area contributed by atoms with Gasteiger partial charge in [0.1, 0.15) is 11.0 Å². The maximum absolute atomic E-state index is 14.1. The normalized spacial score (nSPS) is 23.8. The van der Waals surface area contributed by atoms with Crippen molar-refractivity contribution in [1.29, 1.82) is 0 Å². The van der Waals surface area contributed by atoms with Crippen LogP contribution in [0, 0.1) is 12.3 Å². The molecule has 2 N–H and O–H groups in total. The van der Waals surface area contributed by atoms with Crippen molar-refractivity contribution in [1.82, 2.24) is 24.8 Å². The molecule has 11 heteroatoms. The molecular formula is C27H39N5O4S2. The molecule has 38 heavy (non-hydrogen) atoms. The summed E-state index contributed by atoms with van der Waals surface area (Å²) in [5.74, 6) is -0.695. The second kappa shape index (κ2) is 10.7. The van der Waals surface area contributed by atoms with Gasteiger partial charge in [0, 0.05) is 36.0 Å². The highest BCUT2D eigenvalue weighted by Gasteiger charge is 2.55. The number of aryl methyl sites for hydroxylation is 1. The van der Waals surface area contributed by atoms with Crippen molar-refractivity contribution in [3.63, 3.8) is 0 Å². The predicted molar refractivity (Wildman–Crippen MR) is 150 cm³/mol. The highest BCUT2D eigenvalue weighted by molar-refractivity contribution is 7.88. The van der Waals surface area contributed by atoms with E-state index in [1.807, 2.05) is 51.3 Å². The second-order valence-electron chi connectivity index (χ2n) is 11.6. The number of hydrogen-bond acceptors (Lipinski definition) is 7. The van der Waals surface area contributed by atoms with E-state index in [1.54, 1.807) is 18.9 Å². The maximum atomic E-state index is 14.1. The van der Waals surface area contributed by atoms with Crippen molar-refractivity contribution in [3.8, 4) is 10.6 Å². The zero-order valence-electron chi connectivity index (χ0n) is 23.2. The lowest BCUT2D eigenvalue weighted by Gasteiger charge is -2.37. The molecular weight excluding hydrogens is 522 g/mol. The third-order valence-corrected chi connectivity index (χ3v) is 9.86. The van der Waals surface area contributed by atoms with E-state index in [0.717, 1.165) is 21.8 Å². The molecule has 9 nitrogen and oxygen atoms in total. The summed E-state index contributed by atoms with van der Waals surface area (Å²) in [4.78, 5) is 33.6. The number of likely N-dealkylation sites (tertiary alicyclic amines) is 1. The highest BCUT2D eigenvalue weighted by atomic mass is 32.2. The molecule has 1 aromatic carbocycles. The van der Waals surface area contributed by atoms with E-state index in [2.05, 4.69) is 16.7 Å². The number of fused-ring (bicyclic) bond motifs is 1. The first-order valence-electron chi connectivity index (χ1n) is 13.0. The number of carbonyl (C=O) groups excluding carboxylic acids is 2. The fraction of sp³-hybridized carbons (Fsp3) is 0.593. The lowest BCUT2D eigenvalue weighted by atomic mass is 9.85. The van der Waals surface area contributed by atoms with Crippen molar-refractivity contribution in [2.24, 2.45) is 5.41 Å². The molecule has 3 heterocycles. The summed E-state index contributed by atoms with van der Waals surface area (Å²) < 4.78 is 27.1. The average Bonchev–Trinajstić information content (AvgIpc) is 3.55. The fourth-order valence-electron chi connectivity index (χ4n) is 5.52. The van der Waals surface area contributed by atoms with Crippen LogP contribution in [0.1, 0.15) is 51.3 Å². The largest absolute Gasteiger partial charge is 0.342 e. The number of sulfonamides is 1. The molecule has 2 amide bonds. The van der Waals surface area contributed by atoms with E-state index < -0.39 is 27.5 Å². The van der Waals surface area contributed by atoms with Crippen LogP contribution in [-0.2, 0) is 19.6 Å². The molecule has 5 atom stereocenters. The molecule has 208 valence electrons. The number of hydrogen-bond donors (Lipinski definition) is 2. The van der Waals surface area contributed by atoms with Crippen LogP contribution >= 0.6 is 11.3 Å². The van der Waals surface area contributed by atoms with Gasteiger partial charge < -0.3 is 15.5 Å². The van der Waals surface area contributed by atoms with Crippen LogP contribution in [-0.4, -0.2) is 85.0 Å². The topological polar surface area (TPSA) is 112 Å². The molecule has 2 saturated heterocycles. The first-order valence-corrected chi connectivity index (χ1v) is 15.7. The van der Waals surface area contributed by atoms with Gasteiger partial charge in [0.05, 0.1) is 24.0 Å². The van der Waals surface area contributed by atoms with Gasteiger partial charge in [-0.25, -0.2) is 13.4 Å². The van der Waals surface area contributed by atoms with E-state index in [0.29, 0.717) is 13.0 Å². The van der Waals surface area contributed by atoms with Gasteiger partial charge in [-0.2, -0.15) is 4.31 Å². The van der Waals surface area contributed by atoms with Crippen molar-refractivity contribution in [3.05, 3.63) is 40.9 Å². The Hall–Kier alpha value is -2.34. The van der Waals surface area contributed by atoms with Crippen LogP contribution in [0.25, 0.3) is 10.6 Å². The van der Waals surface area contributed by atoms with E-state index in [9.17, 15) is 18.0 Å². The Labute approximate surface area is 230 Å². The molecule has 2 aliphatic rings. The fourth-order valence-corrected chi connectivity index (χ4v) is 7.56. The van der Waals surface area contributed by atoms with Gasteiger partial charge >= 0.3 is 0 Å². The van der Waals surface area contributed by atoms with Gasteiger partial charge in [-0.1, -0.05) is 44.5 Å². The number of carbonyl (C=O) groups is 2. The monoisotopic (exact) mass is 561 g/mol. The summed E-state index contributed by atoms with van der Waals surface area (Å²) in [5.41, 5.74) is 2.41. The number of benzene rings is 1. The van der Waals surface area contributed by atoms with Gasteiger partial charge in [-0.3, -0.25) is 9.59 Å². The quantitative estimate of drug-likeness (QED) is 0.538. The average molecular weight is 562 g/mol. The second-order valence-corrected chi connectivity index (χ2v) is 14.4. The number of aromatic nitrogens is 1. The summed E-state index contributed by atoms with van der Waals surface area (Å²) in [6, 6.07) is 6.25. The summed E-state index contributed by atoms with van der Waals surface area (Å²) in [6.07, 6.45) is 1.78. The molecule has 2 aliphatic heterocycles. The maximum Gasteiger partial charge on any atom is 0.246 e. The van der Waals surface area contributed by atoms with Gasteiger partial charge in [-0.15, -0.1) is 11.3 Å². The number of likely N-dealkylation sites (N-methyl/N-ethyl adjacent to an activating group) is 1. The standard InChI is InChI=1S/C27H39N5O4S2/c1-16-9-8-10-18(13-16)25-29-20(15-37-25)19-14-32(38(7,35)36)21-11-12-31(22(19)21)26(34)23(27(3,4)5)30-24(33)17(2)28-6/h8-10,13,15,17,19,21-23,28H,11-12,14H2,1-7H3,(H,30,33)/t17-,19+,21+,22+,23+/m0/s1. The first kappa shape index (κ1) is 28.7. The Bertz CT molecular complexity index is 1300. The molecule has 0 aliphatic carbocycles. The van der Waals surface area contributed by atoms with Crippen LogP contribution in [0.15, 0.2) is 29.6 Å². The van der Waals surface area contributed by atoms with E-state index in [4.69, 9.17) is 4.98 Å². The molecule has 0 unspecified atom stereocenters. The van der Waals surface area contributed by atoms with E-state index >= 15 is 0 Å². The van der Waals surface area contributed by atoms with Crippen LogP contribution in [0.5, 0.6) is 0 Å². The molecule has 0 bridgehead atoms. The Morgan fingerprint density at radius 3 is 2.55 bits per heavy atom. The van der Waals surface area contributed by atoms with Crippen LogP contribution in [0.2, 0.25) is 0 Å². The number of thiazole rings is 1. The highest BCUT2D eigenvalue weighted by Crippen LogP contribution is 2.43. The van der Waals surface area contributed by atoms with Crippen LogP contribution in [0.4, 0.5) is 0 Å². The Morgan fingerprint density at radius 2 is 1.95 bits per heavy atom. The smallest absolute Gasteiger partial charge is 0.246 e. The SMILES string of the molecule is CN[C@@H](C)C(=O)N[C@H](C(=O)N1CC[C@@H]2[C@H]1[C@@H](c1csc(-c3cccc(C)c3)n1)CN2S(C)(=O)=O)C(C)(C)C. The summed E-state index contributed by atoms with van der Waals surface area (Å²) >= 11 is 1.53. The lowest BCUT2D eigenvalue weighted by Crippen LogP contribution is -2.59. The minimum Gasteiger partial charge on any atom is -0.342 e. The molecule has 0 saturated carbocycles.